The molecule has 1 N–H and O–H groups in total. The van der Waals surface area contributed by atoms with Crippen molar-refractivity contribution in [2.75, 3.05) is 19.8 Å². The van der Waals surface area contributed by atoms with Gasteiger partial charge in [0.15, 0.2) is 6.04 Å². The van der Waals surface area contributed by atoms with Gasteiger partial charge in [0.1, 0.15) is 5.82 Å². The highest BCUT2D eigenvalue weighted by molar-refractivity contribution is 5.88. The molecule has 1 aliphatic rings. The summed E-state index contributed by atoms with van der Waals surface area (Å²) in [6, 6.07) is 4.80. The van der Waals surface area contributed by atoms with Gasteiger partial charge in [-0.1, -0.05) is 12.1 Å². The normalized spacial score (nSPS) is 20.5. The number of carbonyl (C=O) groups is 2. The highest BCUT2D eigenvalue weighted by atomic mass is 19.1. The maximum atomic E-state index is 13.2. The smallest absolute Gasteiger partial charge is 0.328 e. The second-order valence-electron chi connectivity index (χ2n) is 4.74. The number of carboxylic acid groups (broad SMARTS) is 1. The van der Waals surface area contributed by atoms with E-state index < -0.39 is 23.7 Å². The third-order valence-corrected chi connectivity index (χ3v) is 3.42. The zero-order valence-corrected chi connectivity index (χ0v) is 11.1. The number of carbonyl (C=O) groups excluding carboxylic acids is 1. The molecule has 1 heterocycles. The molecule has 0 radical (unpaired) electrons. The van der Waals surface area contributed by atoms with Gasteiger partial charge in [0.2, 0.25) is 5.91 Å². The second-order valence-corrected chi connectivity index (χ2v) is 4.74. The molecule has 0 saturated carbocycles. The molecule has 2 rings (SSSR count). The standard InChI is InChI=1S/C14H16FNO4/c1-9(10-3-2-4-11(15)7-10)13(17)16-5-6-20-8-12(16)14(18)19/h2-4,7,9,12H,5-6,8H2,1H3,(H,18,19). The summed E-state index contributed by atoms with van der Waals surface area (Å²) in [7, 11) is 0. The number of rotatable bonds is 3. The molecule has 1 aromatic rings. The summed E-state index contributed by atoms with van der Waals surface area (Å²) in [4.78, 5) is 24.9. The number of hydrogen-bond donors (Lipinski definition) is 1. The topological polar surface area (TPSA) is 66.8 Å². The highest BCUT2D eigenvalue weighted by Crippen LogP contribution is 2.21. The number of benzene rings is 1. The van der Waals surface area contributed by atoms with Gasteiger partial charge in [0.05, 0.1) is 19.1 Å². The van der Waals surface area contributed by atoms with E-state index in [0.29, 0.717) is 12.2 Å². The maximum absolute atomic E-state index is 13.2. The molecule has 1 aromatic carbocycles. The molecule has 1 fully saturated rings. The van der Waals surface area contributed by atoms with Gasteiger partial charge in [-0.05, 0) is 24.6 Å². The van der Waals surface area contributed by atoms with Crippen LogP contribution in [0.4, 0.5) is 4.39 Å². The predicted molar refractivity (Wildman–Crippen MR) is 68.8 cm³/mol. The van der Waals surface area contributed by atoms with Crippen LogP contribution in [0, 0.1) is 5.82 Å². The Hall–Kier alpha value is -1.95. The molecular formula is C14H16FNO4. The first-order valence-corrected chi connectivity index (χ1v) is 6.37. The van der Waals surface area contributed by atoms with E-state index in [4.69, 9.17) is 9.84 Å². The Balaban J connectivity index is 2.18. The average Bonchev–Trinajstić information content (AvgIpc) is 2.45. The van der Waals surface area contributed by atoms with E-state index in [0.717, 1.165) is 0 Å². The molecule has 6 heteroatoms. The molecule has 1 amide bonds. The summed E-state index contributed by atoms with van der Waals surface area (Å²) in [6.07, 6.45) is 0. The van der Waals surface area contributed by atoms with E-state index in [1.165, 1.54) is 23.1 Å². The van der Waals surface area contributed by atoms with E-state index in [1.54, 1.807) is 13.0 Å². The Morgan fingerprint density at radius 3 is 2.90 bits per heavy atom. The summed E-state index contributed by atoms with van der Waals surface area (Å²) >= 11 is 0. The fraction of sp³-hybridized carbons (Fsp3) is 0.429. The molecule has 2 unspecified atom stereocenters. The van der Waals surface area contributed by atoms with Crippen molar-refractivity contribution in [2.45, 2.75) is 18.9 Å². The zero-order chi connectivity index (χ0) is 14.7. The van der Waals surface area contributed by atoms with Gasteiger partial charge < -0.3 is 14.7 Å². The monoisotopic (exact) mass is 281 g/mol. The lowest BCUT2D eigenvalue weighted by atomic mass is 9.98. The van der Waals surface area contributed by atoms with E-state index in [9.17, 15) is 14.0 Å². The maximum Gasteiger partial charge on any atom is 0.328 e. The number of hydrogen-bond acceptors (Lipinski definition) is 3. The van der Waals surface area contributed by atoms with Crippen molar-refractivity contribution in [3.8, 4) is 0 Å². The highest BCUT2D eigenvalue weighted by Gasteiger charge is 2.35. The van der Waals surface area contributed by atoms with Crippen molar-refractivity contribution in [1.29, 1.82) is 0 Å². The Kier molecular flexibility index (Phi) is 4.34. The zero-order valence-electron chi connectivity index (χ0n) is 11.1. The summed E-state index contributed by atoms with van der Waals surface area (Å²) in [5.41, 5.74) is 0.533. The van der Waals surface area contributed by atoms with Gasteiger partial charge in [0, 0.05) is 6.54 Å². The Labute approximate surface area is 116 Å². The van der Waals surface area contributed by atoms with Gasteiger partial charge >= 0.3 is 5.97 Å². The van der Waals surface area contributed by atoms with Gasteiger partial charge in [-0.2, -0.15) is 0 Å². The Morgan fingerprint density at radius 1 is 1.50 bits per heavy atom. The van der Waals surface area contributed by atoms with Gasteiger partial charge in [0.25, 0.3) is 0 Å². The molecule has 0 aliphatic carbocycles. The van der Waals surface area contributed by atoms with Crippen molar-refractivity contribution >= 4 is 11.9 Å². The number of aliphatic carboxylic acids is 1. The van der Waals surface area contributed by atoms with Crippen molar-refractivity contribution < 1.29 is 23.8 Å². The first-order chi connectivity index (χ1) is 9.50. The molecule has 2 atom stereocenters. The third-order valence-electron chi connectivity index (χ3n) is 3.42. The molecular weight excluding hydrogens is 265 g/mol. The van der Waals surface area contributed by atoms with Crippen molar-refractivity contribution in [3.05, 3.63) is 35.6 Å². The minimum Gasteiger partial charge on any atom is -0.480 e. The Bertz CT molecular complexity index is 520. The van der Waals surface area contributed by atoms with Gasteiger partial charge in [-0.25, -0.2) is 9.18 Å². The number of halogens is 1. The molecule has 20 heavy (non-hydrogen) atoms. The molecule has 108 valence electrons. The van der Waals surface area contributed by atoms with E-state index in [1.807, 2.05) is 0 Å². The third kappa shape index (κ3) is 2.96. The van der Waals surface area contributed by atoms with Crippen LogP contribution in [0.5, 0.6) is 0 Å². The van der Waals surface area contributed by atoms with Crippen LogP contribution in [0.2, 0.25) is 0 Å². The largest absolute Gasteiger partial charge is 0.480 e. The Morgan fingerprint density at radius 2 is 2.25 bits per heavy atom. The lowest BCUT2D eigenvalue weighted by Crippen LogP contribution is -2.53. The SMILES string of the molecule is CC(C(=O)N1CCOCC1C(=O)O)c1cccc(F)c1. The number of amides is 1. The van der Waals surface area contributed by atoms with Crippen molar-refractivity contribution in [3.63, 3.8) is 0 Å². The number of nitrogens with zero attached hydrogens (tertiary/aromatic N) is 1. The van der Waals surface area contributed by atoms with Gasteiger partial charge in [-0.15, -0.1) is 0 Å². The predicted octanol–water partition coefficient (Wildman–Crippen LogP) is 1.24. The van der Waals surface area contributed by atoms with Crippen LogP contribution in [0.15, 0.2) is 24.3 Å². The van der Waals surface area contributed by atoms with E-state index >= 15 is 0 Å². The minimum atomic E-state index is -1.09. The molecule has 1 aliphatic heterocycles. The molecule has 1 saturated heterocycles. The van der Waals surface area contributed by atoms with Gasteiger partial charge in [-0.3, -0.25) is 4.79 Å². The number of carboxylic acids is 1. The first kappa shape index (κ1) is 14.5. The minimum absolute atomic E-state index is 0.0169. The van der Waals surface area contributed by atoms with Crippen molar-refractivity contribution in [1.82, 2.24) is 4.90 Å². The first-order valence-electron chi connectivity index (χ1n) is 6.37. The van der Waals surface area contributed by atoms with Crippen LogP contribution in [-0.4, -0.2) is 47.7 Å². The quantitative estimate of drug-likeness (QED) is 0.905. The average molecular weight is 281 g/mol. The van der Waals surface area contributed by atoms with E-state index in [2.05, 4.69) is 0 Å². The summed E-state index contributed by atoms with van der Waals surface area (Å²) in [6.45, 7) is 2.17. The fourth-order valence-corrected chi connectivity index (χ4v) is 2.24. The van der Waals surface area contributed by atoms with Crippen LogP contribution in [0.3, 0.4) is 0 Å². The summed E-state index contributed by atoms with van der Waals surface area (Å²) in [5, 5.41) is 9.12. The summed E-state index contributed by atoms with van der Waals surface area (Å²) in [5.74, 6) is -2.43. The fourth-order valence-electron chi connectivity index (χ4n) is 2.24. The van der Waals surface area contributed by atoms with E-state index in [-0.39, 0.29) is 19.1 Å². The van der Waals surface area contributed by atoms with Crippen LogP contribution in [-0.2, 0) is 14.3 Å². The van der Waals surface area contributed by atoms with Crippen LogP contribution in [0.1, 0.15) is 18.4 Å². The second kappa shape index (κ2) is 6.00. The van der Waals surface area contributed by atoms with Crippen molar-refractivity contribution in [2.24, 2.45) is 0 Å². The number of ether oxygens (including phenoxy) is 1. The lowest BCUT2D eigenvalue weighted by Gasteiger charge is -2.34. The molecule has 0 aromatic heterocycles. The molecule has 0 bridgehead atoms. The van der Waals surface area contributed by atoms with Crippen LogP contribution < -0.4 is 0 Å². The van der Waals surface area contributed by atoms with Crippen LogP contribution >= 0.6 is 0 Å². The van der Waals surface area contributed by atoms with Crippen LogP contribution in [0.25, 0.3) is 0 Å². The summed E-state index contributed by atoms with van der Waals surface area (Å²) < 4.78 is 18.3. The lowest BCUT2D eigenvalue weighted by molar-refractivity contribution is -0.158. The molecule has 0 spiro atoms. The number of morpholine rings is 1. The molecule has 5 nitrogen and oxygen atoms in total.